The minimum Gasteiger partial charge on any atom is -1.00 e. The summed E-state index contributed by atoms with van der Waals surface area (Å²) in [6.07, 6.45) is 1.89. The number of nitrogens with zero attached hydrogens (tertiary/aromatic N) is 1. The van der Waals surface area contributed by atoms with Gasteiger partial charge in [0.1, 0.15) is 23.7 Å². The predicted molar refractivity (Wildman–Crippen MR) is 91.5 cm³/mol. The van der Waals surface area contributed by atoms with Crippen LogP contribution in [0.2, 0.25) is 0 Å². The van der Waals surface area contributed by atoms with Gasteiger partial charge in [0.05, 0.1) is 0 Å². The quantitative estimate of drug-likeness (QED) is 0.393. The van der Waals surface area contributed by atoms with Crippen molar-refractivity contribution in [2.75, 3.05) is 5.32 Å². The third-order valence-corrected chi connectivity index (χ3v) is 4.20. The maximum absolute atomic E-state index is 9.37. The van der Waals surface area contributed by atoms with Crippen molar-refractivity contribution < 1.29 is 26.7 Å². The second-order valence-electron chi connectivity index (χ2n) is 4.86. The van der Waals surface area contributed by atoms with E-state index in [0.29, 0.717) is 0 Å². The number of anilines is 2. The second-order valence-corrected chi connectivity index (χ2v) is 5.72. The lowest BCUT2D eigenvalue weighted by atomic mass is 10.2. The average Bonchev–Trinajstić information content (AvgIpc) is 2.94. The number of allylic oxidation sites excluding steroid dienone is 1. The van der Waals surface area contributed by atoms with Crippen molar-refractivity contribution in [2.24, 2.45) is 0 Å². The van der Waals surface area contributed by atoms with E-state index in [0.717, 1.165) is 23.1 Å². The molecule has 1 heterocycles. The van der Waals surface area contributed by atoms with Crippen molar-refractivity contribution in [3.63, 3.8) is 0 Å². The van der Waals surface area contributed by atoms with Gasteiger partial charge < -0.3 is 22.1 Å². The van der Waals surface area contributed by atoms with Crippen LogP contribution in [0.3, 0.4) is 0 Å². The Morgan fingerprint density at radius 3 is 2.43 bits per heavy atom. The van der Waals surface area contributed by atoms with Gasteiger partial charge in [-0.1, -0.05) is 54.3 Å². The smallest absolute Gasteiger partial charge is 0.339 e. The standard InChI is InChI=1S/C18H16N2OS.BrH/c1-2-12-20-17(14-6-4-3-5-7-14)13-22-18(20)19-15-8-10-16(21)11-9-15;/h2-11,13,21H,1,12H2;1H. The fourth-order valence-electron chi connectivity index (χ4n) is 2.26. The van der Waals surface area contributed by atoms with Gasteiger partial charge in [0.25, 0.3) is 0 Å². The monoisotopic (exact) mass is 388 g/mol. The van der Waals surface area contributed by atoms with Crippen LogP contribution in [0.15, 0.2) is 72.6 Å². The molecule has 3 rings (SSSR count). The number of rotatable bonds is 5. The Kier molecular flexibility index (Phi) is 5.96. The molecule has 3 nitrogen and oxygen atoms in total. The molecule has 3 aromatic rings. The molecule has 0 aliphatic rings. The molecule has 0 fully saturated rings. The molecule has 0 amide bonds. The van der Waals surface area contributed by atoms with Gasteiger partial charge >= 0.3 is 5.13 Å². The minimum absolute atomic E-state index is 0. The number of halogens is 1. The lowest BCUT2D eigenvalue weighted by Gasteiger charge is -2.04. The van der Waals surface area contributed by atoms with Crippen molar-refractivity contribution in [1.29, 1.82) is 0 Å². The van der Waals surface area contributed by atoms with Crippen LogP contribution >= 0.6 is 11.3 Å². The van der Waals surface area contributed by atoms with Crippen LogP contribution in [0.25, 0.3) is 11.3 Å². The van der Waals surface area contributed by atoms with Crippen molar-refractivity contribution >= 4 is 22.2 Å². The van der Waals surface area contributed by atoms with Crippen molar-refractivity contribution in [3.8, 4) is 17.0 Å². The van der Waals surface area contributed by atoms with Crippen LogP contribution < -0.4 is 26.9 Å². The van der Waals surface area contributed by atoms with Crippen molar-refractivity contribution in [3.05, 3.63) is 72.6 Å². The van der Waals surface area contributed by atoms with Crippen LogP contribution in [0, 0.1) is 0 Å². The number of phenolic OH excluding ortho intramolecular Hbond substituents is 1. The topological polar surface area (TPSA) is 36.1 Å². The van der Waals surface area contributed by atoms with Crippen LogP contribution in [-0.4, -0.2) is 5.11 Å². The summed E-state index contributed by atoms with van der Waals surface area (Å²) in [7, 11) is 0. The Balaban J connectivity index is 0.00000192. The van der Waals surface area contributed by atoms with E-state index in [2.05, 4.69) is 34.0 Å². The lowest BCUT2D eigenvalue weighted by molar-refractivity contribution is -0.657. The summed E-state index contributed by atoms with van der Waals surface area (Å²) in [6.45, 7) is 4.58. The van der Waals surface area contributed by atoms with Gasteiger partial charge in [0, 0.05) is 10.9 Å². The summed E-state index contributed by atoms with van der Waals surface area (Å²) in [5, 5.41) is 15.9. The molecule has 5 heteroatoms. The maximum atomic E-state index is 9.37. The molecule has 2 aromatic carbocycles. The first-order valence-electron chi connectivity index (χ1n) is 7.01. The maximum Gasteiger partial charge on any atom is 0.339 e. The van der Waals surface area contributed by atoms with E-state index in [-0.39, 0.29) is 22.7 Å². The Bertz CT molecular complexity index is 769. The molecule has 1 aromatic heterocycles. The molecule has 0 spiro atoms. The molecule has 2 N–H and O–H groups in total. The fraction of sp³-hybridized carbons (Fsp3) is 0.0556. The molecule has 0 aliphatic heterocycles. The van der Waals surface area contributed by atoms with Crippen LogP contribution in [-0.2, 0) is 6.54 Å². The Morgan fingerprint density at radius 2 is 1.78 bits per heavy atom. The van der Waals surface area contributed by atoms with E-state index in [1.807, 2.05) is 36.4 Å². The number of aromatic nitrogens is 1. The summed E-state index contributed by atoms with van der Waals surface area (Å²) >= 11 is 1.65. The summed E-state index contributed by atoms with van der Waals surface area (Å²) in [6, 6.07) is 17.4. The van der Waals surface area contributed by atoms with Crippen molar-refractivity contribution in [2.45, 2.75) is 6.54 Å². The first-order chi connectivity index (χ1) is 10.8. The first-order valence-corrected chi connectivity index (χ1v) is 7.89. The number of nitrogens with one attached hydrogen (secondary N) is 1. The molecule has 23 heavy (non-hydrogen) atoms. The minimum atomic E-state index is 0. The third kappa shape index (κ3) is 4.00. The van der Waals surface area contributed by atoms with E-state index in [1.165, 1.54) is 5.56 Å². The zero-order valence-corrected chi connectivity index (χ0v) is 14.8. The number of thiazole rings is 1. The molecule has 0 atom stereocenters. The van der Waals surface area contributed by atoms with Gasteiger partial charge in [0.2, 0.25) is 0 Å². The van der Waals surface area contributed by atoms with Gasteiger partial charge in [-0.15, -0.1) is 0 Å². The molecule has 118 valence electrons. The number of hydrogen-bond acceptors (Lipinski definition) is 3. The van der Waals surface area contributed by atoms with Crippen LogP contribution in [0.1, 0.15) is 0 Å². The van der Waals surface area contributed by atoms with Crippen LogP contribution in [0.5, 0.6) is 5.75 Å². The Hall–Kier alpha value is -2.11. The molecule has 0 saturated carbocycles. The molecule has 0 bridgehead atoms. The highest BCUT2D eigenvalue weighted by Gasteiger charge is 2.18. The normalized spacial score (nSPS) is 9.91. The highest BCUT2D eigenvalue weighted by molar-refractivity contribution is 7.13. The van der Waals surface area contributed by atoms with E-state index < -0.39 is 0 Å². The van der Waals surface area contributed by atoms with E-state index in [4.69, 9.17) is 0 Å². The molecular formula is C18H17BrN2OS. The summed E-state index contributed by atoms with van der Waals surface area (Å²) in [5.74, 6) is 0.265. The number of aromatic hydroxyl groups is 1. The predicted octanol–water partition coefficient (Wildman–Crippen LogP) is 1.34. The molecule has 0 saturated heterocycles. The lowest BCUT2D eigenvalue weighted by Crippen LogP contribution is -3.00. The first kappa shape index (κ1) is 17.2. The van der Waals surface area contributed by atoms with Gasteiger partial charge in [-0.05, 0) is 24.3 Å². The number of benzene rings is 2. The largest absolute Gasteiger partial charge is 1.00 e. The number of hydrogen-bond donors (Lipinski definition) is 2. The number of phenols is 1. The highest BCUT2D eigenvalue weighted by atomic mass is 79.9. The van der Waals surface area contributed by atoms with E-state index in [1.54, 1.807) is 23.5 Å². The van der Waals surface area contributed by atoms with Gasteiger partial charge in [-0.25, -0.2) is 9.88 Å². The molecule has 0 unspecified atom stereocenters. The summed E-state index contributed by atoms with van der Waals surface area (Å²) in [5.41, 5.74) is 3.28. The summed E-state index contributed by atoms with van der Waals surface area (Å²) in [4.78, 5) is 0. The Morgan fingerprint density at radius 1 is 1.09 bits per heavy atom. The molecular weight excluding hydrogens is 372 g/mol. The van der Waals surface area contributed by atoms with Crippen LogP contribution in [0.4, 0.5) is 10.8 Å². The zero-order chi connectivity index (χ0) is 15.4. The zero-order valence-electron chi connectivity index (χ0n) is 12.4. The fourth-order valence-corrected chi connectivity index (χ4v) is 3.22. The van der Waals surface area contributed by atoms with Crippen molar-refractivity contribution in [1.82, 2.24) is 0 Å². The molecule has 0 radical (unpaired) electrons. The van der Waals surface area contributed by atoms with Gasteiger partial charge in [-0.3, -0.25) is 0 Å². The average molecular weight is 389 g/mol. The van der Waals surface area contributed by atoms with Gasteiger partial charge in [0.15, 0.2) is 0 Å². The molecule has 0 aliphatic carbocycles. The summed E-state index contributed by atoms with van der Waals surface area (Å²) < 4.78 is 2.19. The SMILES string of the molecule is C=CC[n+]1c(-c2ccccc2)csc1Nc1ccc(O)cc1.[Br-]. The highest BCUT2D eigenvalue weighted by Crippen LogP contribution is 2.26. The second kappa shape index (κ2) is 7.94. The van der Waals surface area contributed by atoms with E-state index in [9.17, 15) is 5.11 Å². The van der Waals surface area contributed by atoms with Gasteiger partial charge in [-0.2, -0.15) is 0 Å². The third-order valence-electron chi connectivity index (χ3n) is 3.32. The van der Waals surface area contributed by atoms with E-state index >= 15 is 0 Å². The Labute approximate surface area is 150 Å².